The van der Waals surface area contributed by atoms with Crippen molar-refractivity contribution in [2.75, 3.05) is 6.54 Å². The van der Waals surface area contributed by atoms with E-state index in [9.17, 15) is 10.2 Å². The number of aliphatic hydroxyl groups excluding tert-OH is 2. The fraction of sp³-hybridized carbons (Fsp3) is 0.926. The number of hydrogen-bond acceptors (Lipinski definition) is 3. The number of piperidine rings is 1. The Kier molecular flexibility index (Phi) is 4.44. The molecule has 2 saturated heterocycles. The first kappa shape index (κ1) is 20.2. The molecule has 6 aliphatic rings. The minimum absolute atomic E-state index is 0.0850. The van der Waals surface area contributed by atoms with E-state index in [-0.39, 0.29) is 23.0 Å². The standard InChI is InChI=1S/C27H43NO2/c1-15-5-8-22-16(2)25-23(28(22)14-15)12-21-19-7-6-17-11-18(29)9-10-26(17,3)20(19)13-24(30)27(21,25)4/h6,15-16,18-25,29-30H,5,7-14H2,1-4H3/t15-,16+,18-,19+,20-,21?,22+,23-,24-,25-,26-,27+/m0/s1. The molecule has 0 amide bonds. The van der Waals surface area contributed by atoms with E-state index >= 15 is 0 Å². The van der Waals surface area contributed by atoms with E-state index in [2.05, 4.69) is 38.7 Å². The van der Waals surface area contributed by atoms with Crippen LogP contribution in [-0.2, 0) is 0 Å². The third-order valence-corrected chi connectivity index (χ3v) is 11.8. The highest BCUT2D eigenvalue weighted by molar-refractivity contribution is 5.27. The molecule has 3 nitrogen and oxygen atoms in total. The van der Waals surface area contributed by atoms with Crippen molar-refractivity contribution < 1.29 is 10.2 Å². The topological polar surface area (TPSA) is 43.7 Å². The predicted octanol–water partition coefficient (Wildman–Crippen LogP) is 4.63. The molecule has 168 valence electrons. The molecule has 0 bridgehead atoms. The van der Waals surface area contributed by atoms with Gasteiger partial charge in [-0.25, -0.2) is 0 Å². The minimum atomic E-state index is -0.164. The molecule has 3 saturated carbocycles. The molecule has 0 aromatic rings. The van der Waals surface area contributed by atoms with Gasteiger partial charge < -0.3 is 10.2 Å². The lowest BCUT2D eigenvalue weighted by Crippen LogP contribution is -2.57. The number of aliphatic hydroxyl groups is 2. The Morgan fingerprint density at radius 2 is 1.80 bits per heavy atom. The first-order valence-corrected chi connectivity index (χ1v) is 13.1. The molecular weight excluding hydrogens is 370 g/mol. The predicted molar refractivity (Wildman–Crippen MR) is 120 cm³/mol. The Hall–Kier alpha value is -0.380. The van der Waals surface area contributed by atoms with Gasteiger partial charge >= 0.3 is 0 Å². The van der Waals surface area contributed by atoms with Gasteiger partial charge in [-0.3, -0.25) is 4.90 Å². The molecule has 2 heterocycles. The highest BCUT2D eigenvalue weighted by Crippen LogP contribution is 2.69. The van der Waals surface area contributed by atoms with Crippen molar-refractivity contribution in [3.05, 3.63) is 11.6 Å². The summed E-state index contributed by atoms with van der Waals surface area (Å²) in [5.41, 5.74) is 1.80. The summed E-state index contributed by atoms with van der Waals surface area (Å²) >= 11 is 0. The van der Waals surface area contributed by atoms with Crippen LogP contribution in [-0.4, -0.2) is 45.9 Å². The van der Waals surface area contributed by atoms with Gasteiger partial charge in [-0.2, -0.15) is 0 Å². The van der Waals surface area contributed by atoms with Crippen molar-refractivity contribution in [1.82, 2.24) is 4.90 Å². The van der Waals surface area contributed by atoms with Gasteiger partial charge in [-0.05, 0) is 92.3 Å². The van der Waals surface area contributed by atoms with Crippen LogP contribution in [0, 0.1) is 46.3 Å². The van der Waals surface area contributed by atoms with Crippen LogP contribution in [0.5, 0.6) is 0 Å². The van der Waals surface area contributed by atoms with E-state index < -0.39 is 0 Å². The molecule has 0 spiro atoms. The maximum atomic E-state index is 11.8. The Bertz CT molecular complexity index is 749. The van der Waals surface area contributed by atoms with Gasteiger partial charge in [-0.15, -0.1) is 0 Å². The summed E-state index contributed by atoms with van der Waals surface area (Å²) in [7, 11) is 0. The molecule has 4 aliphatic carbocycles. The van der Waals surface area contributed by atoms with E-state index in [1.54, 1.807) is 0 Å². The lowest BCUT2D eigenvalue weighted by atomic mass is 9.46. The third kappa shape index (κ3) is 2.44. The smallest absolute Gasteiger partial charge is 0.0603 e. The second-order valence-corrected chi connectivity index (χ2v) is 12.9. The van der Waals surface area contributed by atoms with Gasteiger partial charge in [0.15, 0.2) is 0 Å². The van der Waals surface area contributed by atoms with Crippen molar-refractivity contribution >= 4 is 0 Å². The van der Waals surface area contributed by atoms with Crippen molar-refractivity contribution in [3.8, 4) is 0 Å². The average molecular weight is 414 g/mol. The maximum absolute atomic E-state index is 11.8. The van der Waals surface area contributed by atoms with Gasteiger partial charge in [0, 0.05) is 24.0 Å². The second kappa shape index (κ2) is 6.58. The van der Waals surface area contributed by atoms with Gasteiger partial charge in [0.25, 0.3) is 0 Å². The molecule has 3 heteroatoms. The highest BCUT2D eigenvalue weighted by atomic mass is 16.3. The summed E-state index contributed by atoms with van der Waals surface area (Å²) in [5.74, 6) is 4.19. The highest BCUT2D eigenvalue weighted by Gasteiger charge is 2.69. The lowest BCUT2D eigenvalue weighted by Gasteiger charge is -2.60. The van der Waals surface area contributed by atoms with E-state index in [1.807, 2.05) is 0 Å². The van der Waals surface area contributed by atoms with Gasteiger partial charge in [0.2, 0.25) is 0 Å². The van der Waals surface area contributed by atoms with Crippen molar-refractivity contribution in [2.45, 2.75) is 103 Å². The molecule has 5 fully saturated rings. The Morgan fingerprint density at radius 3 is 2.60 bits per heavy atom. The molecule has 0 aromatic heterocycles. The maximum Gasteiger partial charge on any atom is 0.0603 e. The van der Waals surface area contributed by atoms with Gasteiger partial charge in [-0.1, -0.05) is 39.3 Å². The van der Waals surface area contributed by atoms with E-state index in [4.69, 9.17) is 0 Å². The zero-order valence-corrected chi connectivity index (χ0v) is 19.6. The van der Waals surface area contributed by atoms with E-state index in [1.165, 1.54) is 37.8 Å². The number of hydrogen-bond donors (Lipinski definition) is 2. The number of nitrogens with zero attached hydrogens (tertiary/aromatic N) is 1. The summed E-state index contributed by atoms with van der Waals surface area (Å²) in [5, 5.41) is 22.1. The Balaban J connectivity index is 1.36. The number of rotatable bonds is 0. The van der Waals surface area contributed by atoms with E-state index in [0.717, 1.165) is 49.5 Å². The van der Waals surface area contributed by atoms with Crippen LogP contribution in [0.2, 0.25) is 0 Å². The first-order valence-electron chi connectivity index (χ1n) is 13.1. The monoisotopic (exact) mass is 413 g/mol. The summed E-state index contributed by atoms with van der Waals surface area (Å²) in [6.45, 7) is 11.2. The van der Waals surface area contributed by atoms with Crippen LogP contribution in [0.15, 0.2) is 11.6 Å². The normalized spacial score (nSPS) is 60.1. The van der Waals surface area contributed by atoms with Crippen molar-refractivity contribution in [2.24, 2.45) is 46.3 Å². The summed E-state index contributed by atoms with van der Waals surface area (Å²) in [6, 6.07) is 1.46. The van der Waals surface area contributed by atoms with Crippen molar-refractivity contribution in [1.29, 1.82) is 0 Å². The number of allylic oxidation sites excluding steroid dienone is 1. The minimum Gasteiger partial charge on any atom is -0.393 e. The molecule has 2 aliphatic heterocycles. The Labute approximate surface area is 183 Å². The van der Waals surface area contributed by atoms with Crippen molar-refractivity contribution in [3.63, 3.8) is 0 Å². The fourth-order valence-electron chi connectivity index (χ4n) is 10.3. The Morgan fingerprint density at radius 1 is 1.00 bits per heavy atom. The quantitative estimate of drug-likeness (QED) is 0.569. The van der Waals surface area contributed by atoms with Gasteiger partial charge in [0.1, 0.15) is 0 Å². The molecule has 30 heavy (non-hydrogen) atoms. The lowest BCUT2D eigenvalue weighted by molar-refractivity contribution is -0.135. The van der Waals surface area contributed by atoms with Crippen LogP contribution >= 0.6 is 0 Å². The molecule has 2 N–H and O–H groups in total. The zero-order valence-electron chi connectivity index (χ0n) is 19.6. The number of fused-ring (bicyclic) bond motifs is 9. The van der Waals surface area contributed by atoms with Crippen LogP contribution in [0.4, 0.5) is 0 Å². The van der Waals surface area contributed by atoms with Gasteiger partial charge in [0.05, 0.1) is 12.2 Å². The first-order chi connectivity index (χ1) is 14.2. The largest absolute Gasteiger partial charge is 0.393 e. The molecule has 1 unspecified atom stereocenters. The molecule has 6 rings (SSSR count). The summed E-state index contributed by atoms with van der Waals surface area (Å²) in [4.78, 5) is 2.91. The third-order valence-electron chi connectivity index (χ3n) is 11.8. The molecule has 0 radical (unpaired) electrons. The van der Waals surface area contributed by atoms with Crippen LogP contribution in [0.3, 0.4) is 0 Å². The molecule has 12 atom stereocenters. The molecular formula is C27H43NO2. The average Bonchev–Trinajstić information content (AvgIpc) is 3.17. The summed E-state index contributed by atoms with van der Waals surface area (Å²) in [6.07, 6.45) is 11.4. The fourth-order valence-corrected chi connectivity index (χ4v) is 10.3. The van der Waals surface area contributed by atoms with Crippen LogP contribution < -0.4 is 0 Å². The second-order valence-electron chi connectivity index (χ2n) is 12.9. The van der Waals surface area contributed by atoms with Crippen LogP contribution in [0.1, 0.15) is 79.1 Å². The van der Waals surface area contributed by atoms with Crippen LogP contribution in [0.25, 0.3) is 0 Å². The SMILES string of the molecule is C[C@H]1CC[C@@H]2[C@@H](C)[C@H]3[C@H](CC4[C@@H]5CC=C6C[C@@H](O)CC[C@]6(C)[C@H]5C[C@H](O)[C@@]43C)N2C1. The molecule has 0 aromatic carbocycles. The summed E-state index contributed by atoms with van der Waals surface area (Å²) < 4.78 is 0. The zero-order chi connectivity index (χ0) is 21.0. The van der Waals surface area contributed by atoms with E-state index in [0.29, 0.717) is 23.8 Å².